The van der Waals surface area contributed by atoms with Crippen LogP contribution in [0.3, 0.4) is 0 Å². The van der Waals surface area contributed by atoms with Crippen molar-refractivity contribution < 1.29 is 9.90 Å². The van der Waals surface area contributed by atoms with E-state index in [0.717, 1.165) is 18.7 Å². The predicted molar refractivity (Wildman–Crippen MR) is 72.0 cm³/mol. The number of imidazole rings is 1. The number of rotatable bonds is 4. The van der Waals surface area contributed by atoms with Gasteiger partial charge in [0.15, 0.2) is 5.69 Å². The van der Waals surface area contributed by atoms with Gasteiger partial charge in [-0.3, -0.25) is 4.79 Å². The first-order chi connectivity index (χ1) is 9.66. The lowest BCUT2D eigenvalue weighted by atomic mass is 10.1. The first-order valence-electron chi connectivity index (χ1n) is 6.59. The lowest BCUT2D eigenvalue weighted by molar-refractivity contribution is 0.0921. The van der Waals surface area contributed by atoms with Crippen LogP contribution in [0.2, 0.25) is 0 Å². The van der Waals surface area contributed by atoms with Crippen LogP contribution in [0.5, 0.6) is 5.75 Å². The number of nitrogens with zero attached hydrogens (tertiary/aromatic N) is 3. The third-order valence-electron chi connectivity index (χ3n) is 3.52. The molecule has 20 heavy (non-hydrogen) atoms. The number of amides is 1. The van der Waals surface area contributed by atoms with Crippen molar-refractivity contribution in [2.75, 3.05) is 0 Å². The fraction of sp³-hybridized carbons (Fsp3) is 0.357. The van der Waals surface area contributed by atoms with E-state index in [4.69, 9.17) is 0 Å². The molecule has 1 amide bonds. The average molecular weight is 272 g/mol. The molecule has 2 aromatic rings. The van der Waals surface area contributed by atoms with Gasteiger partial charge in [-0.1, -0.05) is 0 Å². The third kappa shape index (κ3) is 2.36. The summed E-state index contributed by atoms with van der Waals surface area (Å²) in [6.07, 6.45) is 7.21. The summed E-state index contributed by atoms with van der Waals surface area (Å²) < 4.78 is 1.90. The van der Waals surface area contributed by atoms with Crippen LogP contribution < -0.4 is 5.32 Å². The van der Waals surface area contributed by atoms with E-state index < -0.39 is 0 Å². The van der Waals surface area contributed by atoms with Gasteiger partial charge in [-0.05, 0) is 30.9 Å². The second-order valence-corrected chi connectivity index (χ2v) is 5.06. The van der Waals surface area contributed by atoms with E-state index in [1.165, 1.54) is 12.3 Å². The molecule has 0 radical (unpaired) electrons. The van der Waals surface area contributed by atoms with Gasteiger partial charge in [0.1, 0.15) is 11.6 Å². The van der Waals surface area contributed by atoms with Crippen LogP contribution in [0.4, 0.5) is 0 Å². The van der Waals surface area contributed by atoms with Gasteiger partial charge in [0.2, 0.25) is 0 Å². The number of pyridine rings is 1. The van der Waals surface area contributed by atoms with Gasteiger partial charge in [0.25, 0.3) is 5.91 Å². The molecule has 0 aromatic carbocycles. The lowest BCUT2D eigenvalue weighted by Crippen LogP contribution is -2.32. The van der Waals surface area contributed by atoms with Crippen LogP contribution in [-0.4, -0.2) is 25.5 Å². The van der Waals surface area contributed by atoms with Gasteiger partial charge in [0.05, 0.1) is 6.04 Å². The summed E-state index contributed by atoms with van der Waals surface area (Å²) in [4.78, 5) is 20.5. The van der Waals surface area contributed by atoms with Crippen molar-refractivity contribution in [1.82, 2.24) is 19.9 Å². The molecule has 2 heterocycles. The van der Waals surface area contributed by atoms with E-state index in [0.29, 0.717) is 5.92 Å². The molecular weight excluding hydrogens is 256 g/mol. The Labute approximate surface area is 116 Å². The highest BCUT2D eigenvalue weighted by Crippen LogP contribution is 2.40. The van der Waals surface area contributed by atoms with E-state index >= 15 is 0 Å². The second kappa shape index (κ2) is 4.96. The first kappa shape index (κ1) is 12.7. The molecule has 2 aromatic heterocycles. The van der Waals surface area contributed by atoms with Gasteiger partial charge in [0, 0.05) is 25.6 Å². The van der Waals surface area contributed by atoms with Crippen molar-refractivity contribution in [3.8, 4) is 5.75 Å². The molecular formula is C14H16N4O2. The molecule has 0 saturated heterocycles. The van der Waals surface area contributed by atoms with Crippen molar-refractivity contribution in [3.63, 3.8) is 0 Å². The zero-order valence-corrected chi connectivity index (χ0v) is 11.2. The van der Waals surface area contributed by atoms with Crippen molar-refractivity contribution in [2.24, 2.45) is 13.0 Å². The number of hydrogen-bond acceptors (Lipinski definition) is 4. The Morgan fingerprint density at radius 1 is 1.45 bits per heavy atom. The van der Waals surface area contributed by atoms with Gasteiger partial charge >= 0.3 is 0 Å². The largest absolute Gasteiger partial charge is 0.505 e. The van der Waals surface area contributed by atoms with Crippen molar-refractivity contribution in [2.45, 2.75) is 18.9 Å². The standard InChI is InChI=1S/C14H16N4O2/c1-18-8-7-16-13(18)11(9-4-5-9)17-14(20)12-10(19)3-2-6-15-12/h2-3,6-9,11,19H,4-5H2,1H3,(H,17,20)/t11-/m1/s1. The van der Waals surface area contributed by atoms with Gasteiger partial charge in [-0.25, -0.2) is 9.97 Å². The Hall–Kier alpha value is -2.37. The van der Waals surface area contributed by atoms with Crippen LogP contribution in [-0.2, 0) is 7.05 Å². The molecule has 6 nitrogen and oxygen atoms in total. The Morgan fingerprint density at radius 2 is 2.25 bits per heavy atom. The molecule has 0 bridgehead atoms. The Kier molecular flexibility index (Phi) is 3.14. The Balaban J connectivity index is 1.83. The topological polar surface area (TPSA) is 80.0 Å². The van der Waals surface area contributed by atoms with E-state index in [-0.39, 0.29) is 23.4 Å². The molecule has 0 unspecified atom stereocenters. The maximum Gasteiger partial charge on any atom is 0.274 e. The summed E-state index contributed by atoms with van der Waals surface area (Å²) in [5.74, 6) is 0.754. The van der Waals surface area contributed by atoms with Crippen molar-refractivity contribution in [1.29, 1.82) is 0 Å². The van der Waals surface area contributed by atoms with Crippen molar-refractivity contribution in [3.05, 3.63) is 42.2 Å². The van der Waals surface area contributed by atoms with E-state index in [9.17, 15) is 9.90 Å². The fourth-order valence-corrected chi connectivity index (χ4v) is 2.28. The predicted octanol–water partition coefficient (Wildman–Crippen LogP) is 1.40. The number of aromatic hydroxyl groups is 1. The quantitative estimate of drug-likeness (QED) is 0.881. The maximum absolute atomic E-state index is 12.2. The molecule has 104 valence electrons. The minimum absolute atomic E-state index is 0.0485. The SMILES string of the molecule is Cn1ccnc1[C@H](NC(=O)c1ncccc1O)C1CC1. The summed E-state index contributed by atoms with van der Waals surface area (Å²) in [5.41, 5.74) is 0.0485. The van der Waals surface area contributed by atoms with Gasteiger partial charge in [-0.15, -0.1) is 0 Å². The second-order valence-electron chi connectivity index (χ2n) is 5.06. The van der Waals surface area contributed by atoms with Gasteiger partial charge in [-0.2, -0.15) is 0 Å². The molecule has 1 aliphatic rings. The molecule has 1 aliphatic carbocycles. The third-order valence-corrected chi connectivity index (χ3v) is 3.52. The fourth-order valence-electron chi connectivity index (χ4n) is 2.28. The molecule has 2 N–H and O–H groups in total. The van der Waals surface area contributed by atoms with Crippen LogP contribution in [0.25, 0.3) is 0 Å². The summed E-state index contributed by atoms with van der Waals surface area (Å²) in [7, 11) is 1.90. The highest BCUT2D eigenvalue weighted by molar-refractivity contribution is 5.94. The average Bonchev–Trinajstić information content (AvgIpc) is 3.19. The van der Waals surface area contributed by atoms with Crippen LogP contribution in [0.15, 0.2) is 30.7 Å². The normalized spacial score (nSPS) is 15.8. The summed E-state index contributed by atoms with van der Waals surface area (Å²) in [5, 5.41) is 12.6. The van der Waals surface area contributed by atoms with Crippen LogP contribution >= 0.6 is 0 Å². The summed E-state index contributed by atoms with van der Waals surface area (Å²) in [6.45, 7) is 0. The highest BCUT2D eigenvalue weighted by Gasteiger charge is 2.36. The van der Waals surface area contributed by atoms with Crippen molar-refractivity contribution >= 4 is 5.91 Å². The molecule has 3 rings (SSSR count). The molecule has 0 aliphatic heterocycles. The monoisotopic (exact) mass is 272 g/mol. The minimum Gasteiger partial charge on any atom is -0.505 e. The molecule has 0 spiro atoms. The number of carbonyl (C=O) groups is 1. The number of nitrogens with one attached hydrogen (secondary N) is 1. The number of hydrogen-bond donors (Lipinski definition) is 2. The summed E-state index contributed by atoms with van der Waals surface area (Å²) in [6, 6.07) is 2.90. The van der Waals surface area contributed by atoms with Crippen LogP contribution in [0.1, 0.15) is 35.2 Å². The Morgan fingerprint density at radius 3 is 2.85 bits per heavy atom. The maximum atomic E-state index is 12.2. The van der Waals surface area contributed by atoms with E-state index in [2.05, 4.69) is 15.3 Å². The molecule has 1 atom stereocenters. The minimum atomic E-state index is -0.372. The van der Waals surface area contributed by atoms with Gasteiger partial charge < -0.3 is 15.0 Å². The number of aromatic nitrogens is 3. The number of carbonyl (C=O) groups excluding carboxylic acids is 1. The zero-order valence-electron chi connectivity index (χ0n) is 11.2. The molecule has 1 saturated carbocycles. The van der Waals surface area contributed by atoms with E-state index in [1.54, 1.807) is 12.3 Å². The van der Waals surface area contributed by atoms with E-state index in [1.807, 2.05) is 17.8 Å². The molecule has 1 fully saturated rings. The first-order valence-corrected chi connectivity index (χ1v) is 6.59. The number of aryl methyl sites for hydroxylation is 1. The van der Waals surface area contributed by atoms with Crippen LogP contribution in [0, 0.1) is 5.92 Å². The zero-order chi connectivity index (χ0) is 14.1. The summed E-state index contributed by atoms with van der Waals surface area (Å²) >= 11 is 0. The molecule has 6 heteroatoms. The smallest absolute Gasteiger partial charge is 0.274 e. The lowest BCUT2D eigenvalue weighted by Gasteiger charge is -2.18. The Bertz CT molecular complexity index is 634. The highest BCUT2D eigenvalue weighted by atomic mass is 16.3.